The van der Waals surface area contributed by atoms with Crippen LogP contribution in [0.5, 0.6) is 0 Å². The molecule has 4 rings (SSSR count). The van der Waals surface area contributed by atoms with Crippen molar-refractivity contribution in [3.63, 3.8) is 0 Å². The maximum Gasteiger partial charge on any atom is 0.303 e. The van der Waals surface area contributed by atoms with Crippen molar-refractivity contribution in [1.82, 2.24) is 0 Å². The Morgan fingerprint density at radius 3 is 2.50 bits per heavy atom. The topological polar surface area (TPSA) is 119 Å². The second-order valence-corrected chi connectivity index (χ2v) is 10.2. The molecule has 8 heteroatoms. The monoisotopic (exact) mass is 450 g/mol. The Morgan fingerprint density at radius 1 is 1.22 bits per heavy atom. The molecule has 1 aliphatic heterocycles. The average Bonchev–Trinajstić information content (AvgIpc) is 3.32. The lowest BCUT2D eigenvalue weighted by Gasteiger charge is -2.63. The third kappa shape index (κ3) is 3.47. The molecule has 2 aliphatic carbocycles. The van der Waals surface area contributed by atoms with Crippen LogP contribution >= 0.6 is 0 Å². The highest BCUT2D eigenvalue weighted by molar-refractivity contribution is 5.66. The van der Waals surface area contributed by atoms with Crippen LogP contribution < -0.4 is 0 Å². The van der Waals surface area contributed by atoms with Gasteiger partial charge < -0.3 is 28.8 Å². The van der Waals surface area contributed by atoms with Gasteiger partial charge in [-0.25, -0.2) is 0 Å². The van der Waals surface area contributed by atoms with Gasteiger partial charge >= 0.3 is 11.9 Å². The number of epoxide rings is 1. The lowest BCUT2D eigenvalue weighted by molar-refractivity contribution is -0.242. The van der Waals surface area contributed by atoms with E-state index >= 15 is 0 Å². The molecule has 8 nitrogen and oxygen atoms in total. The third-order valence-corrected chi connectivity index (χ3v) is 8.59. The molecule has 2 heterocycles. The van der Waals surface area contributed by atoms with Gasteiger partial charge in [0.1, 0.15) is 18.3 Å². The van der Waals surface area contributed by atoms with Gasteiger partial charge in [-0.15, -0.1) is 0 Å². The maximum atomic E-state index is 11.9. The summed E-state index contributed by atoms with van der Waals surface area (Å²) in [4.78, 5) is 23.7. The largest absolute Gasteiger partial charge is 0.472 e. The van der Waals surface area contributed by atoms with Crippen molar-refractivity contribution < 1.29 is 38.4 Å². The summed E-state index contributed by atoms with van der Waals surface area (Å²) < 4.78 is 22.4. The summed E-state index contributed by atoms with van der Waals surface area (Å²) in [5.74, 6) is -0.846. The molecular formula is C24H34O8. The number of furan rings is 1. The van der Waals surface area contributed by atoms with Gasteiger partial charge in [0.05, 0.1) is 36.8 Å². The molecule has 0 aromatic carbocycles. The second-order valence-electron chi connectivity index (χ2n) is 10.2. The zero-order valence-corrected chi connectivity index (χ0v) is 19.2. The van der Waals surface area contributed by atoms with Crippen molar-refractivity contribution in [3.8, 4) is 0 Å². The van der Waals surface area contributed by atoms with E-state index in [0.29, 0.717) is 32.3 Å². The van der Waals surface area contributed by atoms with Gasteiger partial charge in [-0.3, -0.25) is 9.59 Å². The number of fused-ring (bicyclic) bond motifs is 2. The van der Waals surface area contributed by atoms with Crippen molar-refractivity contribution in [3.05, 3.63) is 24.2 Å². The quantitative estimate of drug-likeness (QED) is 0.502. The average molecular weight is 451 g/mol. The standard InChI is InChI=1S/C24H34O8/c1-14-9-21(28)23(12-30-15(2)25)19(5-6-20(27)24(23)13-31-24)22(14,4)10-18(32-16(3)26)17-7-8-29-11-17/h7-8,11,14,18-21,27-28H,5-6,9-10,12-13H2,1-4H3/t14-,18?,19-,20+,21+,22+,23+,24-/m1/s1. The normalized spacial score (nSPS) is 41.6. The van der Waals surface area contributed by atoms with E-state index in [9.17, 15) is 19.8 Å². The summed E-state index contributed by atoms with van der Waals surface area (Å²) in [5.41, 5.74) is -1.48. The van der Waals surface area contributed by atoms with E-state index in [4.69, 9.17) is 18.6 Å². The summed E-state index contributed by atoms with van der Waals surface area (Å²) in [7, 11) is 0. The molecule has 1 spiro atoms. The Morgan fingerprint density at radius 2 is 1.94 bits per heavy atom. The van der Waals surface area contributed by atoms with Gasteiger partial charge in [-0.1, -0.05) is 13.8 Å². The minimum Gasteiger partial charge on any atom is -0.472 e. The number of carbonyl (C=O) groups is 2. The smallest absolute Gasteiger partial charge is 0.303 e. The molecule has 3 fully saturated rings. The molecule has 0 radical (unpaired) electrons. The zero-order chi connectivity index (χ0) is 23.3. The zero-order valence-electron chi connectivity index (χ0n) is 19.2. The van der Waals surface area contributed by atoms with Crippen LogP contribution in [0.15, 0.2) is 23.0 Å². The van der Waals surface area contributed by atoms with Crippen LogP contribution in [0.25, 0.3) is 0 Å². The molecule has 3 aliphatic rings. The minimum absolute atomic E-state index is 0.0164. The van der Waals surface area contributed by atoms with E-state index < -0.39 is 40.7 Å². The van der Waals surface area contributed by atoms with E-state index in [-0.39, 0.29) is 24.4 Å². The number of carbonyl (C=O) groups excluding carboxylic acids is 2. The molecule has 2 saturated carbocycles. The van der Waals surface area contributed by atoms with Crippen LogP contribution in [-0.2, 0) is 23.8 Å². The van der Waals surface area contributed by atoms with Crippen LogP contribution in [0.1, 0.15) is 65.0 Å². The highest BCUT2D eigenvalue weighted by Crippen LogP contribution is 2.69. The Bertz CT molecular complexity index is 846. The summed E-state index contributed by atoms with van der Waals surface area (Å²) in [6.07, 6.45) is 3.24. The molecule has 1 saturated heterocycles. The van der Waals surface area contributed by atoms with E-state index in [2.05, 4.69) is 13.8 Å². The maximum absolute atomic E-state index is 11.9. The number of rotatable bonds is 6. The van der Waals surface area contributed by atoms with E-state index in [1.165, 1.54) is 13.8 Å². The van der Waals surface area contributed by atoms with E-state index in [1.807, 2.05) is 0 Å². The highest BCUT2D eigenvalue weighted by atomic mass is 16.6. The molecule has 0 amide bonds. The SMILES string of the molecule is CC(=O)OC[C@@]12[C@H](CC[C@H](O)[C@]13CO3)[C@@](C)(CC(OC(C)=O)c1ccoc1)[C@H](C)C[C@@H]2O. The number of hydrogen-bond acceptors (Lipinski definition) is 8. The Hall–Kier alpha value is -1.90. The summed E-state index contributed by atoms with van der Waals surface area (Å²) in [6.45, 7) is 7.29. The minimum atomic E-state index is -0.936. The molecule has 0 bridgehead atoms. The van der Waals surface area contributed by atoms with Crippen LogP contribution in [0.2, 0.25) is 0 Å². The highest BCUT2D eigenvalue weighted by Gasteiger charge is 2.77. The number of aliphatic hydroxyl groups is 2. The fourth-order valence-corrected chi connectivity index (χ4v) is 6.72. The van der Waals surface area contributed by atoms with Gasteiger partial charge in [0, 0.05) is 19.4 Å². The van der Waals surface area contributed by atoms with E-state index in [1.54, 1.807) is 18.6 Å². The van der Waals surface area contributed by atoms with Crippen LogP contribution in [0, 0.1) is 22.7 Å². The lowest BCUT2D eigenvalue weighted by atomic mass is 9.42. The fraction of sp³-hybridized carbons (Fsp3) is 0.750. The number of esters is 2. The van der Waals surface area contributed by atoms with Gasteiger partial charge in [-0.2, -0.15) is 0 Å². The Labute approximate surface area is 188 Å². The molecular weight excluding hydrogens is 416 g/mol. The molecule has 1 aromatic heterocycles. The third-order valence-electron chi connectivity index (χ3n) is 8.59. The van der Waals surface area contributed by atoms with E-state index in [0.717, 1.165) is 5.56 Å². The lowest BCUT2D eigenvalue weighted by Crippen LogP contribution is -2.69. The second kappa shape index (κ2) is 8.15. The van der Waals surface area contributed by atoms with Gasteiger partial charge in [0.15, 0.2) is 0 Å². The molecule has 2 N–H and O–H groups in total. The Kier molecular flexibility index (Phi) is 5.92. The van der Waals surface area contributed by atoms with Gasteiger partial charge in [0.25, 0.3) is 0 Å². The summed E-state index contributed by atoms with van der Waals surface area (Å²) >= 11 is 0. The van der Waals surface area contributed by atoms with Gasteiger partial charge in [-0.05, 0) is 49.0 Å². The number of hydrogen-bond donors (Lipinski definition) is 2. The van der Waals surface area contributed by atoms with Crippen molar-refractivity contribution in [2.45, 2.75) is 77.3 Å². The molecule has 1 aromatic rings. The molecule has 1 unspecified atom stereocenters. The summed E-state index contributed by atoms with van der Waals surface area (Å²) in [6, 6.07) is 1.79. The fourth-order valence-electron chi connectivity index (χ4n) is 6.72. The first-order valence-electron chi connectivity index (χ1n) is 11.4. The van der Waals surface area contributed by atoms with Crippen LogP contribution in [-0.4, -0.2) is 53.2 Å². The number of aliphatic hydroxyl groups excluding tert-OH is 2. The van der Waals surface area contributed by atoms with Crippen LogP contribution in [0.3, 0.4) is 0 Å². The first kappa shape index (κ1) is 23.3. The van der Waals surface area contributed by atoms with Crippen LogP contribution in [0.4, 0.5) is 0 Å². The molecule has 178 valence electrons. The predicted molar refractivity (Wildman–Crippen MR) is 112 cm³/mol. The predicted octanol–water partition coefficient (Wildman–Crippen LogP) is 2.77. The molecule has 8 atom stereocenters. The van der Waals surface area contributed by atoms with Crippen molar-refractivity contribution in [1.29, 1.82) is 0 Å². The van der Waals surface area contributed by atoms with Crippen molar-refractivity contribution >= 4 is 11.9 Å². The van der Waals surface area contributed by atoms with Crippen molar-refractivity contribution in [2.75, 3.05) is 13.2 Å². The first-order valence-corrected chi connectivity index (χ1v) is 11.4. The molecule has 32 heavy (non-hydrogen) atoms. The van der Waals surface area contributed by atoms with Crippen molar-refractivity contribution in [2.24, 2.45) is 22.7 Å². The number of ether oxygens (including phenoxy) is 3. The Balaban J connectivity index is 1.76. The first-order chi connectivity index (χ1) is 15.1. The summed E-state index contributed by atoms with van der Waals surface area (Å²) in [5, 5.41) is 22.4. The van der Waals surface area contributed by atoms with Gasteiger partial charge in [0.2, 0.25) is 0 Å².